The van der Waals surface area contributed by atoms with Crippen molar-refractivity contribution in [2.45, 2.75) is 19.0 Å². The molecule has 4 heterocycles. The molecule has 0 radical (unpaired) electrons. The van der Waals surface area contributed by atoms with Gasteiger partial charge in [0.15, 0.2) is 0 Å². The maximum absolute atomic E-state index is 5.61. The van der Waals surface area contributed by atoms with Gasteiger partial charge in [0.2, 0.25) is 0 Å². The minimum Gasteiger partial charge on any atom is -0.497 e. The third-order valence-corrected chi connectivity index (χ3v) is 5.37. The zero-order valence-electron chi connectivity index (χ0n) is 15.2. The topological polar surface area (TPSA) is 54.3 Å². The first-order chi connectivity index (χ1) is 13.3. The number of hydrogen-bond donors (Lipinski definition) is 1. The summed E-state index contributed by atoms with van der Waals surface area (Å²) in [5, 5.41) is 1.25. The molecule has 3 aromatic heterocycles. The van der Waals surface area contributed by atoms with Crippen molar-refractivity contribution in [1.29, 1.82) is 0 Å². The Labute approximate surface area is 157 Å². The number of ether oxygens (including phenoxy) is 1. The number of aromatic amines is 1. The van der Waals surface area contributed by atoms with E-state index in [1.54, 1.807) is 13.4 Å². The van der Waals surface area contributed by atoms with Crippen LogP contribution in [0.2, 0.25) is 0 Å². The summed E-state index contributed by atoms with van der Waals surface area (Å²) < 4.78 is 11.1. The summed E-state index contributed by atoms with van der Waals surface area (Å²) in [7, 11) is 1.71. The van der Waals surface area contributed by atoms with Gasteiger partial charge in [0, 0.05) is 35.5 Å². The average Bonchev–Trinajstić information content (AvgIpc) is 3.35. The van der Waals surface area contributed by atoms with Crippen LogP contribution in [-0.4, -0.2) is 28.5 Å². The summed E-state index contributed by atoms with van der Waals surface area (Å²) in [6.45, 7) is 1.72. The highest BCUT2D eigenvalue weighted by atomic mass is 16.5. The molecule has 0 amide bonds. The van der Waals surface area contributed by atoms with E-state index in [0.717, 1.165) is 36.5 Å². The quantitative estimate of drug-likeness (QED) is 0.590. The third-order valence-electron chi connectivity index (χ3n) is 5.37. The molecule has 1 N–H and O–H groups in total. The number of furan rings is 1. The smallest absolute Gasteiger partial charge is 0.119 e. The predicted octanol–water partition coefficient (Wildman–Crippen LogP) is 4.31. The molecule has 1 aliphatic rings. The molecular weight excluding hydrogens is 338 g/mol. The number of aromatic nitrogens is 2. The molecule has 136 valence electrons. The molecule has 27 heavy (non-hydrogen) atoms. The van der Waals surface area contributed by atoms with Gasteiger partial charge in [0.25, 0.3) is 0 Å². The number of rotatable bonds is 4. The monoisotopic (exact) mass is 359 g/mol. The van der Waals surface area contributed by atoms with E-state index in [9.17, 15) is 0 Å². The van der Waals surface area contributed by atoms with E-state index in [2.05, 4.69) is 33.1 Å². The molecule has 5 nitrogen and oxygen atoms in total. The van der Waals surface area contributed by atoms with Crippen LogP contribution in [0.3, 0.4) is 0 Å². The maximum Gasteiger partial charge on any atom is 0.119 e. The number of H-pyrrole nitrogens is 1. The second-order valence-electron chi connectivity index (χ2n) is 6.92. The number of benzene rings is 1. The van der Waals surface area contributed by atoms with E-state index in [1.807, 2.05) is 36.7 Å². The van der Waals surface area contributed by atoms with Crippen LogP contribution < -0.4 is 4.74 Å². The van der Waals surface area contributed by atoms with Crippen LogP contribution in [-0.2, 0) is 13.0 Å². The van der Waals surface area contributed by atoms with E-state index in [1.165, 1.54) is 22.2 Å². The van der Waals surface area contributed by atoms with Crippen LogP contribution in [0.4, 0.5) is 0 Å². The highest BCUT2D eigenvalue weighted by Gasteiger charge is 2.32. The van der Waals surface area contributed by atoms with Gasteiger partial charge in [-0.25, -0.2) is 0 Å². The van der Waals surface area contributed by atoms with Crippen molar-refractivity contribution >= 4 is 10.9 Å². The molecule has 1 aliphatic heterocycles. The minimum absolute atomic E-state index is 0.117. The summed E-state index contributed by atoms with van der Waals surface area (Å²) in [5.41, 5.74) is 4.94. The van der Waals surface area contributed by atoms with Gasteiger partial charge >= 0.3 is 0 Å². The lowest BCUT2D eigenvalue weighted by atomic mass is 9.93. The summed E-state index contributed by atoms with van der Waals surface area (Å²) in [6, 6.07) is 14.5. The molecule has 0 saturated carbocycles. The zero-order chi connectivity index (χ0) is 18.2. The molecule has 5 heteroatoms. The van der Waals surface area contributed by atoms with Gasteiger partial charge in [0.1, 0.15) is 11.5 Å². The minimum atomic E-state index is 0.117. The summed E-state index contributed by atoms with van der Waals surface area (Å²) in [6.07, 6.45) is 6.50. The number of nitrogens with zero attached hydrogens (tertiary/aromatic N) is 2. The second-order valence-corrected chi connectivity index (χ2v) is 6.92. The van der Waals surface area contributed by atoms with Gasteiger partial charge in [-0.2, -0.15) is 0 Å². The molecule has 4 aromatic rings. The number of fused-ring (bicyclic) bond motifs is 3. The van der Waals surface area contributed by atoms with Crippen LogP contribution in [0.25, 0.3) is 10.9 Å². The first kappa shape index (κ1) is 16.1. The lowest BCUT2D eigenvalue weighted by Gasteiger charge is -2.35. The largest absolute Gasteiger partial charge is 0.497 e. The standard InChI is InChI=1S/C22H21N3O2/c1-26-16-6-7-20-19(12-16)18-8-10-25(14-17-5-3-11-27-17)22(21(18)24-20)15-4-2-9-23-13-15/h2-7,9,11-13,22,24H,8,10,14H2,1H3. The Morgan fingerprint density at radius 2 is 2.22 bits per heavy atom. The van der Waals surface area contributed by atoms with Gasteiger partial charge in [-0.15, -0.1) is 0 Å². The molecule has 1 aromatic carbocycles. The Kier molecular flexibility index (Phi) is 3.94. The van der Waals surface area contributed by atoms with Crippen molar-refractivity contribution in [3.05, 3.63) is 83.7 Å². The second kappa shape index (κ2) is 6.59. The van der Waals surface area contributed by atoms with E-state index < -0.39 is 0 Å². The van der Waals surface area contributed by atoms with Crippen molar-refractivity contribution < 1.29 is 9.15 Å². The molecule has 0 bridgehead atoms. The number of hydrogen-bond acceptors (Lipinski definition) is 4. The molecular formula is C22H21N3O2. The molecule has 1 atom stereocenters. The molecule has 0 aliphatic carbocycles. The average molecular weight is 359 g/mol. The fourth-order valence-electron chi connectivity index (χ4n) is 4.13. The Balaban J connectivity index is 1.64. The molecule has 1 unspecified atom stereocenters. The number of methoxy groups -OCH3 is 1. The predicted molar refractivity (Wildman–Crippen MR) is 104 cm³/mol. The molecule has 0 saturated heterocycles. The summed E-state index contributed by atoms with van der Waals surface area (Å²) in [5.74, 6) is 1.87. The molecule has 5 rings (SSSR count). The van der Waals surface area contributed by atoms with E-state index in [4.69, 9.17) is 9.15 Å². The van der Waals surface area contributed by atoms with Gasteiger partial charge in [-0.1, -0.05) is 6.07 Å². The Bertz CT molecular complexity index is 1050. The van der Waals surface area contributed by atoms with Gasteiger partial charge in [-0.3, -0.25) is 9.88 Å². The first-order valence-electron chi connectivity index (χ1n) is 9.18. The van der Waals surface area contributed by atoms with Crippen LogP contribution in [0, 0.1) is 0 Å². The molecule has 0 fully saturated rings. The van der Waals surface area contributed by atoms with Crippen molar-refractivity contribution in [2.24, 2.45) is 0 Å². The van der Waals surface area contributed by atoms with Crippen molar-refractivity contribution in [2.75, 3.05) is 13.7 Å². The van der Waals surface area contributed by atoms with E-state index >= 15 is 0 Å². The first-order valence-corrected chi connectivity index (χ1v) is 9.18. The zero-order valence-corrected chi connectivity index (χ0v) is 15.2. The van der Waals surface area contributed by atoms with Crippen molar-refractivity contribution in [3.63, 3.8) is 0 Å². The highest BCUT2D eigenvalue weighted by Crippen LogP contribution is 2.39. The van der Waals surface area contributed by atoms with Crippen LogP contribution in [0.5, 0.6) is 5.75 Å². The Morgan fingerprint density at radius 3 is 3.00 bits per heavy atom. The molecule has 0 spiro atoms. The van der Waals surface area contributed by atoms with Crippen LogP contribution in [0.1, 0.15) is 28.6 Å². The van der Waals surface area contributed by atoms with Gasteiger partial charge in [0.05, 0.1) is 26.0 Å². The lowest BCUT2D eigenvalue weighted by molar-refractivity contribution is 0.186. The van der Waals surface area contributed by atoms with E-state index in [-0.39, 0.29) is 6.04 Å². The highest BCUT2D eigenvalue weighted by molar-refractivity contribution is 5.86. The van der Waals surface area contributed by atoms with E-state index in [0.29, 0.717) is 0 Å². The van der Waals surface area contributed by atoms with Gasteiger partial charge < -0.3 is 14.1 Å². The third kappa shape index (κ3) is 2.80. The Hall–Kier alpha value is -3.05. The summed E-state index contributed by atoms with van der Waals surface area (Å²) >= 11 is 0. The SMILES string of the molecule is COc1ccc2[nH]c3c(c2c1)CCN(Cc1ccco1)C3c1cccnc1. The Morgan fingerprint density at radius 1 is 1.26 bits per heavy atom. The fourth-order valence-corrected chi connectivity index (χ4v) is 4.13. The van der Waals surface area contributed by atoms with Crippen molar-refractivity contribution in [1.82, 2.24) is 14.9 Å². The maximum atomic E-state index is 5.61. The number of pyridine rings is 1. The fraction of sp³-hybridized carbons (Fsp3) is 0.227. The van der Waals surface area contributed by atoms with Crippen molar-refractivity contribution in [3.8, 4) is 5.75 Å². The summed E-state index contributed by atoms with van der Waals surface area (Å²) in [4.78, 5) is 10.5. The van der Waals surface area contributed by atoms with Gasteiger partial charge in [-0.05, 0) is 53.9 Å². The lowest BCUT2D eigenvalue weighted by Crippen LogP contribution is -2.35. The normalized spacial score (nSPS) is 17.1. The van der Waals surface area contributed by atoms with Crippen LogP contribution >= 0.6 is 0 Å². The van der Waals surface area contributed by atoms with Crippen LogP contribution in [0.15, 0.2) is 65.5 Å². The number of nitrogens with one attached hydrogen (secondary N) is 1.